The van der Waals surface area contributed by atoms with Gasteiger partial charge in [0, 0.05) is 13.5 Å². The van der Waals surface area contributed by atoms with Gasteiger partial charge in [-0.2, -0.15) is 0 Å². The van der Waals surface area contributed by atoms with Crippen LogP contribution in [0, 0.1) is 0 Å². The van der Waals surface area contributed by atoms with Crippen LogP contribution in [0.25, 0.3) is 0 Å². The molecule has 0 atom stereocenters. The molecule has 0 saturated heterocycles. The summed E-state index contributed by atoms with van der Waals surface area (Å²) in [4.78, 5) is 22.0. The number of amides is 1. The summed E-state index contributed by atoms with van der Waals surface area (Å²) >= 11 is 0. The van der Waals surface area contributed by atoms with Crippen LogP contribution in [0.1, 0.15) is 24.5 Å². The first-order chi connectivity index (χ1) is 7.65. The van der Waals surface area contributed by atoms with Crippen LogP contribution in [0.4, 0.5) is 0 Å². The summed E-state index contributed by atoms with van der Waals surface area (Å²) in [7, 11) is 0. The quantitative estimate of drug-likeness (QED) is 0.647. The Morgan fingerprint density at radius 1 is 1.50 bits per heavy atom. The number of tetrazole rings is 1. The van der Waals surface area contributed by atoms with Crippen LogP contribution in [0.2, 0.25) is 0 Å². The van der Waals surface area contributed by atoms with Crippen molar-refractivity contribution in [2.75, 3.05) is 13.2 Å². The largest absolute Gasteiger partial charge is 0.460 e. The standard InChI is InChI=1S/C8H13N5O3/c1-3-16-8(15)7-10-11-12-13(7)5-4-9-6(2)14/h3-5H2,1-2H3,(H,9,14). The van der Waals surface area contributed by atoms with E-state index in [1.807, 2.05) is 0 Å². The van der Waals surface area contributed by atoms with Gasteiger partial charge in [-0.1, -0.05) is 0 Å². The van der Waals surface area contributed by atoms with Crippen molar-refractivity contribution in [3.63, 3.8) is 0 Å². The van der Waals surface area contributed by atoms with Crippen LogP contribution in [0.3, 0.4) is 0 Å². The topological polar surface area (TPSA) is 99.0 Å². The first kappa shape index (κ1) is 12.1. The molecule has 0 unspecified atom stereocenters. The maximum absolute atomic E-state index is 11.4. The van der Waals surface area contributed by atoms with Gasteiger partial charge in [-0.05, 0) is 17.4 Å². The van der Waals surface area contributed by atoms with Gasteiger partial charge in [0.05, 0.1) is 13.2 Å². The molecule has 1 aromatic rings. The minimum absolute atomic E-state index is 0.0344. The second kappa shape index (κ2) is 5.79. The predicted octanol–water partition coefficient (Wildman–Crippen LogP) is -1.01. The molecule has 0 aromatic carbocycles. The lowest BCUT2D eigenvalue weighted by atomic mass is 10.5. The fraction of sp³-hybridized carbons (Fsp3) is 0.625. The lowest BCUT2D eigenvalue weighted by Gasteiger charge is -2.04. The minimum Gasteiger partial charge on any atom is -0.460 e. The molecule has 0 bridgehead atoms. The van der Waals surface area contributed by atoms with Crippen LogP contribution in [0.5, 0.6) is 0 Å². The first-order valence-corrected chi connectivity index (χ1v) is 4.83. The van der Waals surface area contributed by atoms with Crippen LogP contribution in [0.15, 0.2) is 0 Å². The highest BCUT2D eigenvalue weighted by molar-refractivity contribution is 5.85. The molecule has 0 spiro atoms. The van der Waals surface area contributed by atoms with Crippen molar-refractivity contribution in [2.45, 2.75) is 20.4 Å². The molecule has 8 heteroatoms. The van der Waals surface area contributed by atoms with E-state index in [0.29, 0.717) is 13.1 Å². The van der Waals surface area contributed by atoms with Crippen molar-refractivity contribution in [1.29, 1.82) is 0 Å². The summed E-state index contributed by atoms with van der Waals surface area (Å²) in [6.07, 6.45) is 0. The van der Waals surface area contributed by atoms with Crippen LogP contribution in [-0.2, 0) is 16.1 Å². The van der Waals surface area contributed by atoms with Crippen molar-refractivity contribution < 1.29 is 14.3 Å². The second-order valence-electron chi connectivity index (χ2n) is 2.93. The molecular weight excluding hydrogens is 214 g/mol. The number of esters is 1. The number of nitrogens with one attached hydrogen (secondary N) is 1. The van der Waals surface area contributed by atoms with Crippen LogP contribution >= 0.6 is 0 Å². The monoisotopic (exact) mass is 227 g/mol. The molecule has 0 radical (unpaired) electrons. The fourth-order valence-corrected chi connectivity index (χ4v) is 1.03. The zero-order valence-electron chi connectivity index (χ0n) is 9.13. The number of carbonyl (C=O) groups excluding carboxylic acids is 2. The normalized spacial score (nSPS) is 9.88. The number of hydrogen-bond acceptors (Lipinski definition) is 6. The van der Waals surface area contributed by atoms with Crippen LogP contribution in [-0.4, -0.2) is 45.2 Å². The predicted molar refractivity (Wildman–Crippen MR) is 52.5 cm³/mol. The van der Waals surface area contributed by atoms with Gasteiger partial charge in [-0.15, -0.1) is 5.10 Å². The van der Waals surface area contributed by atoms with E-state index in [1.165, 1.54) is 11.6 Å². The molecule has 1 N–H and O–H groups in total. The van der Waals surface area contributed by atoms with E-state index in [4.69, 9.17) is 4.74 Å². The Bertz CT molecular complexity index is 376. The Kier molecular flexibility index (Phi) is 4.37. The molecule has 0 aliphatic carbocycles. The van der Waals surface area contributed by atoms with Crippen molar-refractivity contribution in [3.05, 3.63) is 5.82 Å². The molecule has 1 heterocycles. The summed E-state index contributed by atoms with van der Waals surface area (Å²) in [6.45, 7) is 4.04. The van der Waals surface area contributed by atoms with Gasteiger partial charge in [-0.25, -0.2) is 9.48 Å². The summed E-state index contributed by atoms with van der Waals surface area (Å²) < 4.78 is 6.05. The van der Waals surface area contributed by atoms with Crippen molar-refractivity contribution in [2.24, 2.45) is 0 Å². The number of hydrogen-bond donors (Lipinski definition) is 1. The van der Waals surface area contributed by atoms with Gasteiger partial charge >= 0.3 is 5.97 Å². The zero-order chi connectivity index (χ0) is 12.0. The summed E-state index contributed by atoms with van der Waals surface area (Å²) in [6, 6.07) is 0. The molecule has 1 amide bonds. The lowest BCUT2D eigenvalue weighted by Crippen LogP contribution is -2.26. The molecular formula is C8H13N5O3. The van der Waals surface area contributed by atoms with Gasteiger partial charge in [0.25, 0.3) is 5.82 Å². The van der Waals surface area contributed by atoms with E-state index in [9.17, 15) is 9.59 Å². The number of nitrogens with zero attached hydrogens (tertiary/aromatic N) is 4. The second-order valence-corrected chi connectivity index (χ2v) is 2.93. The maximum atomic E-state index is 11.4. The molecule has 16 heavy (non-hydrogen) atoms. The van der Waals surface area contributed by atoms with Gasteiger partial charge in [0.15, 0.2) is 0 Å². The Morgan fingerprint density at radius 2 is 2.25 bits per heavy atom. The van der Waals surface area contributed by atoms with Crippen molar-refractivity contribution >= 4 is 11.9 Å². The highest BCUT2D eigenvalue weighted by Crippen LogP contribution is 1.95. The molecule has 1 rings (SSSR count). The SMILES string of the molecule is CCOC(=O)c1nnnn1CCNC(C)=O. The number of carbonyl (C=O) groups is 2. The molecule has 88 valence electrons. The minimum atomic E-state index is -0.574. The van der Waals surface area contributed by atoms with E-state index in [0.717, 1.165) is 0 Å². The van der Waals surface area contributed by atoms with E-state index >= 15 is 0 Å². The average Bonchev–Trinajstić information content (AvgIpc) is 2.66. The molecule has 0 aliphatic heterocycles. The number of rotatable bonds is 5. The van der Waals surface area contributed by atoms with E-state index in [-0.39, 0.29) is 18.3 Å². The third-order valence-electron chi connectivity index (χ3n) is 1.69. The Labute approximate surface area is 92.0 Å². The highest BCUT2D eigenvalue weighted by atomic mass is 16.5. The fourth-order valence-electron chi connectivity index (χ4n) is 1.03. The highest BCUT2D eigenvalue weighted by Gasteiger charge is 2.15. The van der Waals surface area contributed by atoms with Crippen molar-refractivity contribution in [1.82, 2.24) is 25.5 Å². The van der Waals surface area contributed by atoms with Gasteiger partial charge in [0.2, 0.25) is 5.91 Å². The van der Waals surface area contributed by atoms with E-state index in [2.05, 4.69) is 20.8 Å². The average molecular weight is 227 g/mol. The van der Waals surface area contributed by atoms with E-state index in [1.54, 1.807) is 6.92 Å². The Balaban J connectivity index is 2.56. The number of aromatic nitrogens is 4. The zero-order valence-corrected chi connectivity index (χ0v) is 9.13. The Hall–Kier alpha value is -1.99. The summed E-state index contributed by atoms with van der Waals surface area (Å²) in [5, 5.41) is 13.1. The van der Waals surface area contributed by atoms with Gasteiger partial charge in [-0.3, -0.25) is 4.79 Å². The lowest BCUT2D eigenvalue weighted by molar-refractivity contribution is -0.118. The Morgan fingerprint density at radius 3 is 2.88 bits per heavy atom. The molecule has 1 aromatic heterocycles. The molecule has 0 saturated carbocycles. The smallest absolute Gasteiger partial charge is 0.378 e. The number of ether oxygens (including phenoxy) is 1. The summed E-state index contributed by atoms with van der Waals surface area (Å²) in [5.74, 6) is -0.687. The molecule has 0 aliphatic rings. The van der Waals surface area contributed by atoms with Crippen molar-refractivity contribution in [3.8, 4) is 0 Å². The van der Waals surface area contributed by atoms with Crippen LogP contribution < -0.4 is 5.32 Å². The maximum Gasteiger partial charge on any atom is 0.378 e. The first-order valence-electron chi connectivity index (χ1n) is 4.83. The third kappa shape index (κ3) is 3.30. The summed E-state index contributed by atoms with van der Waals surface area (Å²) in [5.41, 5.74) is 0. The molecule has 8 nitrogen and oxygen atoms in total. The van der Waals surface area contributed by atoms with Gasteiger partial charge < -0.3 is 10.1 Å². The van der Waals surface area contributed by atoms with E-state index < -0.39 is 5.97 Å². The third-order valence-corrected chi connectivity index (χ3v) is 1.69. The van der Waals surface area contributed by atoms with Gasteiger partial charge in [0.1, 0.15) is 0 Å². The molecule has 0 fully saturated rings.